The third-order valence-corrected chi connectivity index (χ3v) is 10.4. The van der Waals surface area contributed by atoms with E-state index >= 15 is 0 Å². The zero-order valence-corrected chi connectivity index (χ0v) is 30.8. The minimum atomic E-state index is -0.873. The van der Waals surface area contributed by atoms with E-state index in [-0.39, 0.29) is 18.7 Å². The fraction of sp³-hybridized carbons (Fsp3) is 0.275. The summed E-state index contributed by atoms with van der Waals surface area (Å²) >= 11 is 2.29. The average molecular weight is 799 g/mol. The number of imidazole rings is 1. The molecule has 3 heterocycles. The number of nitrogens with zero attached hydrogens (tertiary/aromatic N) is 5. The van der Waals surface area contributed by atoms with E-state index in [1.165, 1.54) is 0 Å². The molecule has 6 aromatic rings. The second-order valence-corrected chi connectivity index (χ2v) is 14.0. The Hall–Kier alpha value is -4.59. The third-order valence-electron chi connectivity index (χ3n) is 9.35. The van der Waals surface area contributed by atoms with Gasteiger partial charge in [-0.1, -0.05) is 91.0 Å². The van der Waals surface area contributed by atoms with Crippen LogP contribution in [0.5, 0.6) is 11.5 Å². The first kappa shape index (κ1) is 34.8. The van der Waals surface area contributed by atoms with Gasteiger partial charge < -0.3 is 24.5 Å². The van der Waals surface area contributed by atoms with Gasteiger partial charge in [0.05, 0.1) is 0 Å². The minimum Gasteiger partial charge on any atom is -0.454 e. The highest BCUT2D eigenvalue weighted by Crippen LogP contribution is 2.41. The molecule has 51 heavy (non-hydrogen) atoms. The van der Waals surface area contributed by atoms with Crippen molar-refractivity contribution < 1.29 is 18.6 Å². The summed E-state index contributed by atoms with van der Waals surface area (Å²) in [5, 5.41) is 0. The van der Waals surface area contributed by atoms with Crippen molar-refractivity contribution in [3.63, 3.8) is 0 Å². The molecule has 2 N–H and O–H groups in total. The molecule has 0 amide bonds. The molecule has 0 aliphatic carbocycles. The summed E-state index contributed by atoms with van der Waals surface area (Å²) in [5.74, 6) is 2.16. The molecule has 0 atom stereocenters. The van der Waals surface area contributed by atoms with E-state index in [2.05, 4.69) is 124 Å². The molecular formula is C40H40FIN6O3. The Morgan fingerprint density at radius 2 is 1.45 bits per heavy atom. The summed E-state index contributed by atoms with van der Waals surface area (Å²) in [6.07, 6.45) is 0.396. The van der Waals surface area contributed by atoms with E-state index in [0.29, 0.717) is 43.0 Å². The van der Waals surface area contributed by atoms with E-state index in [1.807, 2.05) is 34.9 Å². The van der Waals surface area contributed by atoms with Gasteiger partial charge in [-0.15, -0.1) is 0 Å². The molecule has 0 saturated carbocycles. The first-order chi connectivity index (χ1) is 24.8. The zero-order valence-electron chi connectivity index (χ0n) is 28.6. The summed E-state index contributed by atoms with van der Waals surface area (Å²) in [4.78, 5) is 15.1. The predicted octanol–water partition coefficient (Wildman–Crippen LogP) is 7.58. The van der Waals surface area contributed by atoms with Crippen molar-refractivity contribution in [2.45, 2.75) is 44.9 Å². The molecule has 9 nitrogen and oxygen atoms in total. The van der Waals surface area contributed by atoms with Crippen molar-refractivity contribution in [2.75, 3.05) is 32.2 Å². The maximum atomic E-state index is 14.5. The van der Waals surface area contributed by atoms with Crippen LogP contribution >= 0.6 is 22.6 Å². The van der Waals surface area contributed by atoms with Gasteiger partial charge in [-0.25, -0.2) is 4.98 Å². The van der Waals surface area contributed by atoms with E-state index in [0.717, 1.165) is 50.4 Å². The maximum absolute atomic E-state index is 14.5. The summed E-state index contributed by atoms with van der Waals surface area (Å²) in [6.45, 7) is 7.10. The number of halogens is 2. The molecule has 0 unspecified atom stereocenters. The van der Waals surface area contributed by atoms with Crippen LogP contribution in [0.1, 0.15) is 48.3 Å². The van der Waals surface area contributed by atoms with Gasteiger partial charge >= 0.3 is 6.08 Å². The molecule has 7 rings (SSSR count). The Kier molecular flexibility index (Phi) is 10.5. The lowest BCUT2D eigenvalue weighted by Gasteiger charge is -2.36. The quantitative estimate of drug-likeness (QED) is 0.0522. The summed E-state index contributed by atoms with van der Waals surface area (Å²) in [6, 6.07) is 35.5. The number of hydrogen-bond donors (Lipinski definition) is 1. The number of aromatic nitrogens is 4. The summed E-state index contributed by atoms with van der Waals surface area (Å²) < 4.78 is 35.8. The van der Waals surface area contributed by atoms with Crippen molar-refractivity contribution in [2.24, 2.45) is 0 Å². The largest absolute Gasteiger partial charge is 0.454 e. The average Bonchev–Trinajstić information content (AvgIpc) is 3.74. The van der Waals surface area contributed by atoms with Gasteiger partial charge in [0.25, 0.3) is 0 Å². The molecular weight excluding hydrogens is 758 g/mol. The molecule has 2 aromatic heterocycles. The first-order valence-electron chi connectivity index (χ1n) is 17.1. The molecule has 262 valence electrons. The first-order valence-corrected chi connectivity index (χ1v) is 18.2. The molecule has 4 aromatic carbocycles. The highest BCUT2D eigenvalue weighted by molar-refractivity contribution is 14.1. The number of ether oxygens (including phenoxy) is 3. The molecule has 0 saturated heterocycles. The lowest BCUT2D eigenvalue weighted by atomic mass is 9.80. The Morgan fingerprint density at radius 1 is 0.863 bits per heavy atom. The van der Waals surface area contributed by atoms with Crippen LogP contribution < -0.4 is 15.2 Å². The van der Waals surface area contributed by atoms with Crippen LogP contribution in [0.2, 0.25) is 0 Å². The fourth-order valence-corrected chi connectivity index (χ4v) is 7.42. The Bertz CT molecular complexity index is 2000. The van der Waals surface area contributed by atoms with Crippen LogP contribution in [-0.2, 0) is 23.3 Å². The number of fused-ring (bicyclic) bond motifs is 2. The molecule has 0 radical (unpaired) electrons. The van der Waals surface area contributed by atoms with Gasteiger partial charge in [0, 0.05) is 42.3 Å². The van der Waals surface area contributed by atoms with Gasteiger partial charge in [-0.2, -0.15) is 14.4 Å². The normalized spacial score (nSPS) is 12.7. The molecule has 0 spiro atoms. The van der Waals surface area contributed by atoms with Crippen molar-refractivity contribution in [1.29, 1.82) is 0 Å². The standard InChI is InChI=1S/C40H40FIN6O3/c1-27(2)47(19-12-22-51-40(29-13-6-3-7-14-29,30-15-8-4-9-16-30)31-17-10-5-11-18-31)20-21-48-35(44-36-37(43)45-39(41)46-38(36)48)24-28-23-33-34(25-32(28)42)50-26-49-33/h3-11,13-18,23,25,27H,12,19-22,24,26H2,1-2H3,(H2,43,45,46). The number of rotatable bonds is 14. The summed E-state index contributed by atoms with van der Waals surface area (Å²) in [5.41, 5.74) is 10.4. The lowest BCUT2D eigenvalue weighted by Crippen LogP contribution is -2.37. The molecule has 1 aliphatic rings. The molecule has 0 fully saturated rings. The van der Waals surface area contributed by atoms with Crippen molar-refractivity contribution in [3.8, 4) is 11.5 Å². The van der Waals surface area contributed by atoms with Crippen LogP contribution in [0.15, 0.2) is 103 Å². The van der Waals surface area contributed by atoms with Gasteiger partial charge in [0.2, 0.25) is 6.79 Å². The molecule has 0 bridgehead atoms. The van der Waals surface area contributed by atoms with Gasteiger partial charge in [0.1, 0.15) is 11.4 Å². The van der Waals surface area contributed by atoms with Gasteiger partial charge in [-0.3, -0.25) is 4.90 Å². The van der Waals surface area contributed by atoms with Crippen LogP contribution in [0.25, 0.3) is 11.2 Å². The molecule has 1 aliphatic heterocycles. The van der Waals surface area contributed by atoms with Crippen LogP contribution in [0, 0.1) is 9.65 Å². The zero-order chi connectivity index (χ0) is 35.4. The Labute approximate surface area is 310 Å². The Morgan fingerprint density at radius 3 is 2.04 bits per heavy atom. The van der Waals surface area contributed by atoms with E-state index < -0.39 is 11.7 Å². The second-order valence-electron chi connectivity index (χ2n) is 12.8. The lowest BCUT2D eigenvalue weighted by molar-refractivity contribution is 0.00682. The number of nitrogen functional groups attached to an aromatic ring is 1. The highest BCUT2D eigenvalue weighted by atomic mass is 127. The van der Waals surface area contributed by atoms with Crippen LogP contribution in [-0.4, -0.2) is 57.0 Å². The molecule has 11 heteroatoms. The number of nitrogens with two attached hydrogens (primary N) is 1. The summed E-state index contributed by atoms with van der Waals surface area (Å²) in [7, 11) is 0. The van der Waals surface area contributed by atoms with Gasteiger partial charge in [0.15, 0.2) is 28.5 Å². The third kappa shape index (κ3) is 7.28. The monoisotopic (exact) mass is 798 g/mol. The smallest absolute Gasteiger partial charge is 0.312 e. The Balaban J connectivity index is 1.11. The minimum absolute atomic E-state index is 0.0227. The van der Waals surface area contributed by atoms with Crippen molar-refractivity contribution in [3.05, 3.63) is 141 Å². The van der Waals surface area contributed by atoms with Crippen LogP contribution in [0.4, 0.5) is 10.2 Å². The predicted molar refractivity (Wildman–Crippen MR) is 204 cm³/mol. The fourth-order valence-electron chi connectivity index (χ4n) is 6.79. The van der Waals surface area contributed by atoms with E-state index in [9.17, 15) is 4.39 Å². The van der Waals surface area contributed by atoms with Crippen molar-refractivity contribution >= 4 is 39.6 Å². The van der Waals surface area contributed by atoms with E-state index in [1.54, 1.807) is 0 Å². The number of anilines is 1. The van der Waals surface area contributed by atoms with E-state index in [4.69, 9.17) is 24.9 Å². The highest BCUT2D eigenvalue weighted by Gasteiger charge is 2.37. The van der Waals surface area contributed by atoms with Crippen LogP contribution in [0.3, 0.4) is 0 Å². The number of benzene rings is 4. The number of hydrogen-bond acceptors (Lipinski definition) is 8. The SMILES string of the molecule is CC(C)N(CCCOC(c1ccccc1)(c1ccccc1)c1ccccc1)CCn1c(Cc2cc3c(cc2I)OCO3)nc2c(N)nc(F)nc21. The van der Waals surface area contributed by atoms with Crippen molar-refractivity contribution in [1.82, 2.24) is 24.4 Å². The van der Waals surface area contributed by atoms with Gasteiger partial charge in [-0.05, 0) is 77.2 Å². The second kappa shape index (κ2) is 15.3. The maximum Gasteiger partial charge on any atom is 0.312 e. The topological polar surface area (TPSA) is 101 Å².